The molecule has 164 valence electrons. The highest BCUT2D eigenvalue weighted by Crippen LogP contribution is 2.33. The smallest absolute Gasteiger partial charge is 0.246 e. The minimum atomic E-state index is -3.86. The van der Waals surface area contributed by atoms with Gasteiger partial charge >= 0.3 is 0 Å². The Balaban J connectivity index is 1.54. The van der Waals surface area contributed by atoms with Crippen LogP contribution in [0.4, 0.5) is 5.69 Å². The molecule has 8 nitrogen and oxygen atoms in total. The molecule has 2 heterocycles. The van der Waals surface area contributed by atoms with E-state index in [0.717, 1.165) is 11.4 Å². The zero-order chi connectivity index (χ0) is 22.0. The first-order chi connectivity index (χ1) is 14.9. The van der Waals surface area contributed by atoms with E-state index in [1.807, 2.05) is 18.2 Å². The molecule has 2 aliphatic heterocycles. The maximum absolute atomic E-state index is 13.4. The molecule has 2 aromatic carbocycles. The van der Waals surface area contributed by atoms with Gasteiger partial charge in [0.1, 0.15) is 10.6 Å². The van der Waals surface area contributed by atoms with E-state index in [4.69, 9.17) is 4.74 Å². The Hall–Kier alpha value is -2.75. The van der Waals surface area contributed by atoms with Crippen LogP contribution in [0.5, 0.6) is 5.75 Å². The van der Waals surface area contributed by atoms with E-state index in [9.17, 15) is 18.0 Å². The van der Waals surface area contributed by atoms with Gasteiger partial charge in [-0.1, -0.05) is 30.3 Å². The Bertz CT molecular complexity index is 1060. The summed E-state index contributed by atoms with van der Waals surface area (Å²) in [5.74, 6) is -0.462. The lowest BCUT2D eigenvalue weighted by Gasteiger charge is -2.34. The normalized spacial score (nSPS) is 18.5. The van der Waals surface area contributed by atoms with Crippen LogP contribution in [0.25, 0.3) is 0 Å². The summed E-state index contributed by atoms with van der Waals surface area (Å²) in [4.78, 5) is 27.4. The molecule has 0 aliphatic carbocycles. The van der Waals surface area contributed by atoms with Crippen LogP contribution in [0, 0.1) is 0 Å². The molecule has 0 N–H and O–H groups in total. The van der Waals surface area contributed by atoms with Gasteiger partial charge in [-0.05, 0) is 23.8 Å². The second-order valence-corrected chi connectivity index (χ2v) is 9.53. The third-order valence-electron chi connectivity index (χ3n) is 5.66. The van der Waals surface area contributed by atoms with Crippen LogP contribution in [-0.2, 0) is 26.2 Å². The molecule has 0 atom stereocenters. The third kappa shape index (κ3) is 4.34. The maximum atomic E-state index is 13.4. The number of piperazine rings is 1. The van der Waals surface area contributed by atoms with Gasteiger partial charge < -0.3 is 4.74 Å². The summed E-state index contributed by atoms with van der Waals surface area (Å²) in [6, 6.07) is 14.5. The lowest BCUT2D eigenvalue weighted by Crippen LogP contribution is -2.48. The first kappa shape index (κ1) is 21.5. The SMILES string of the molecule is COc1ccc(N2C(=O)CCC2=O)cc1S(=O)(=O)N1CCN(Cc2ccccc2)CC1. The number of methoxy groups -OCH3 is 1. The van der Waals surface area contributed by atoms with E-state index in [1.165, 1.54) is 35.2 Å². The largest absolute Gasteiger partial charge is 0.495 e. The summed E-state index contributed by atoms with van der Waals surface area (Å²) in [5.41, 5.74) is 1.45. The molecule has 9 heteroatoms. The molecule has 4 rings (SSSR count). The highest BCUT2D eigenvalue weighted by atomic mass is 32.2. The summed E-state index contributed by atoms with van der Waals surface area (Å²) in [6.45, 7) is 2.69. The summed E-state index contributed by atoms with van der Waals surface area (Å²) in [7, 11) is -2.45. The third-order valence-corrected chi connectivity index (χ3v) is 7.57. The molecule has 0 bridgehead atoms. The van der Waals surface area contributed by atoms with E-state index in [0.29, 0.717) is 26.2 Å². The van der Waals surface area contributed by atoms with Crippen LogP contribution in [0.3, 0.4) is 0 Å². The van der Waals surface area contributed by atoms with Crippen molar-refractivity contribution >= 4 is 27.5 Å². The van der Waals surface area contributed by atoms with Crippen molar-refractivity contribution in [2.75, 3.05) is 38.2 Å². The number of imide groups is 1. The molecule has 0 saturated carbocycles. The zero-order valence-electron chi connectivity index (χ0n) is 17.4. The number of benzene rings is 2. The Morgan fingerprint density at radius 3 is 2.16 bits per heavy atom. The lowest BCUT2D eigenvalue weighted by molar-refractivity contribution is -0.121. The van der Waals surface area contributed by atoms with Crippen molar-refractivity contribution < 1.29 is 22.7 Å². The van der Waals surface area contributed by atoms with Crippen molar-refractivity contribution in [2.24, 2.45) is 0 Å². The number of nitrogens with zero attached hydrogens (tertiary/aromatic N) is 3. The molecule has 2 aromatic rings. The van der Waals surface area contributed by atoms with Crippen LogP contribution in [0.1, 0.15) is 18.4 Å². The van der Waals surface area contributed by atoms with E-state index < -0.39 is 10.0 Å². The predicted molar refractivity (Wildman–Crippen MR) is 115 cm³/mol. The van der Waals surface area contributed by atoms with Crippen molar-refractivity contribution in [1.29, 1.82) is 0 Å². The molecule has 0 spiro atoms. The fourth-order valence-electron chi connectivity index (χ4n) is 3.98. The Labute approximate surface area is 182 Å². The summed E-state index contributed by atoms with van der Waals surface area (Å²) >= 11 is 0. The second kappa shape index (κ2) is 8.78. The standard InChI is InChI=1S/C22H25N3O5S/c1-30-19-8-7-18(25-21(26)9-10-22(25)27)15-20(19)31(28,29)24-13-11-23(12-14-24)16-17-5-3-2-4-6-17/h2-8,15H,9-14,16H2,1H3. The van der Waals surface area contributed by atoms with Gasteiger partial charge in [-0.25, -0.2) is 8.42 Å². The molecular formula is C22H25N3O5S. The molecular weight excluding hydrogens is 418 g/mol. The van der Waals surface area contributed by atoms with Gasteiger partial charge in [-0.3, -0.25) is 19.4 Å². The quantitative estimate of drug-likeness (QED) is 0.634. The van der Waals surface area contributed by atoms with Crippen LogP contribution in [0.2, 0.25) is 0 Å². The summed E-state index contributed by atoms with van der Waals surface area (Å²) in [6.07, 6.45) is 0.270. The Kier molecular flexibility index (Phi) is 6.08. The number of hydrogen-bond acceptors (Lipinski definition) is 6. The number of hydrogen-bond donors (Lipinski definition) is 0. The van der Waals surface area contributed by atoms with Crippen molar-refractivity contribution in [3.63, 3.8) is 0 Å². The predicted octanol–water partition coefficient (Wildman–Crippen LogP) is 1.86. The molecule has 2 aliphatic rings. The van der Waals surface area contributed by atoms with Gasteiger partial charge in [0.25, 0.3) is 0 Å². The van der Waals surface area contributed by atoms with E-state index >= 15 is 0 Å². The molecule has 0 aromatic heterocycles. The number of anilines is 1. The number of rotatable bonds is 6. The fourth-order valence-corrected chi connectivity index (χ4v) is 5.58. The molecule has 2 saturated heterocycles. The molecule has 0 radical (unpaired) electrons. The van der Waals surface area contributed by atoms with Gasteiger partial charge in [0.15, 0.2) is 0 Å². The fraction of sp³-hybridized carbons (Fsp3) is 0.364. The van der Waals surface area contributed by atoms with E-state index in [2.05, 4.69) is 17.0 Å². The van der Waals surface area contributed by atoms with Crippen LogP contribution >= 0.6 is 0 Å². The van der Waals surface area contributed by atoms with Crippen molar-refractivity contribution in [2.45, 2.75) is 24.3 Å². The monoisotopic (exact) mass is 443 g/mol. The Morgan fingerprint density at radius 1 is 0.903 bits per heavy atom. The molecule has 2 amide bonds. The van der Waals surface area contributed by atoms with Gasteiger partial charge in [-0.15, -0.1) is 0 Å². The number of ether oxygens (including phenoxy) is 1. The highest BCUT2D eigenvalue weighted by Gasteiger charge is 2.34. The average molecular weight is 444 g/mol. The van der Waals surface area contributed by atoms with E-state index in [-0.39, 0.29) is 41.0 Å². The van der Waals surface area contributed by atoms with Crippen LogP contribution in [0.15, 0.2) is 53.4 Å². The van der Waals surface area contributed by atoms with Gasteiger partial charge in [0, 0.05) is 45.6 Å². The summed E-state index contributed by atoms with van der Waals surface area (Å²) < 4.78 is 33.5. The second-order valence-electron chi connectivity index (χ2n) is 7.62. The highest BCUT2D eigenvalue weighted by molar-refractivity contribution is 7.89. The van der Waals surface area contributed by atoms with Gasteiger partial charge in [0.05, 0.1) is 12.8 Å². The minimum Gasteiger partial charge on any atom is -0.495 e. The topological polar surface area (TPSA) is 87.2 Å². The molecule has 0 unspecified atom stereocenters. The molecule has 2 fully saturated rings. The van der Waals surface area contributed by atoms with E-state index in [1.54, 1.807) is 0 Å². The van der Waals surface area contributed by atoms with Crippen molar-refractivity contribution in [3.8, 4) is 5.75 Å². The first-order valence-corrected chi connectivity index (χ1v) is 11.6. The molecule has 31 heavy (non-hydrogen) atoms. The Morgan fingerprint density at radius 2 is 1.55 bits per heavy atom. The van der Waals surface area contributed by atoms with Gasteiger partial charge in [0.2, 0.25) is 21.8 Å². The number of amides is 2. The van der Waals surface area contributed by atoms with Crippen LogP contribution < -0.4 is 9.64 Å². The van der Waals surface area contributed by atoms with Crippen molar-refractivity contribution in [3.05, 3.63) is 54.1 Å². The van der Waals surface area contributed by atoms with Gasteiger partial charge in [-0.2, -0.15) is 4.31 Å². The average Bonchev–Trinajstić information content (AvgIpc) is 3.12. The number of carbonyl (C=O) groups excluding carboxylic acids is 2. The zero-order valence-corrected chi connectivity index (χ0v) is 18.2. The maximum Gasteiger partial charge on any atom is 0.246 e. The minimum absolute atomic E-state index is 0.0310. The van der Waals surface area contributed by atoms with Crippen LogP contribution in [-0.4, -0.2) is 62.7 Å². The number of sulfonamides is 1. The number of carbonyl (C=O) groups is 2. The lowest BCUT2D eigenvalue weighted by atomic mass is 10.2. The summed E-state index contributed by atoms with van der Waals surface area (Å²) in [5, 5.41) is 0. The first-order valence-electron chi connectivity index (χ1n) is 10.2. The van der Waals surface area contributed by atoms with Crippen molar-refractivity contribution in [1.82, 2.24) is 9.21 Å².